The van der Waals surface area contributed by atoms with Gasteiger partial charge in [-0.15, -0.1) is 0 Å². The van der Waals surface area contributed by atoms with Crippen LogP contribution in [0.5, 0.6) is 0 Å². The van der Waals surface area contributed by atoms with Gasteiger partial charge in [0, 0.05) is 24.0 Å². The maximum absolute atomic E-state index is 12.7. The van der Waals surface area contributed by atoms with E-state index in [2.05, 4.69) is 5.32 Å². The zero-order valence-corrected chi connectivity index (χ0v) is 14.6. The van der Waals surface area contributed by atoms with Gasteiger partial charge in [-0.25, -0.2) is 0 Å². The molecule has 0 saturated carbocycles. The van der Waals surface area contributed by atoms with Gasteiger partial charge < -0.3 is 9.88 Å². The van der Waals surface area contributed by atoms with Gasteiger partial charge in [-0.3, -0.25) is 19.7 Å². The Hall–Kier alpha value is -3.74. The maximum Gasteiger partial charge on any atom is 0.269 e. The van der Waals surface area contributed by atoms with Crippen molar-refractivity contribution in [3.05, 3.63) is 104 Å². The average Bonchev–Trinajstić information content (AvgIpc) is 2.65. The summed E-state index contributed by atoms with van der Waals surface area (Å²) in [6.07, 6.45) is 1.55. The van der Waals surface area contributed by atoms with Crippen LogP contribution in [0.1, 0.15) is 21.5 Å². The molecule has 1 aromatic heterocycles. The lowest BCUT2D eigenvalue weighted by molar-refractivity contribution is -0.384. The van der Waals surface area contributed by atoms with E-state index in [1.54, 1.807) is 36.5 Å². The normalized spacial score (nSPS) is 10.4. The number of anilines is 1. The minimum absolute atomic E-state index is 0.00573. The van der Waals surface area contributed by atoms with Crippen LogP contribution in [-0.2, 0) is 6.54 Å². The molecule has 2 aromatic carbocycles. The molecule has 3 aromatic rings. The van der Waals surface area contributed by atoms with Gasteiger partial charge in [0.05, 0.1) is 11.5 Å². The number of hydrogen-bond acceptors (Lipinski definition) is 4. The van der Waals surface area contributed by atoms with Gasteiger partial charge in [-0.2, -0.15) is 0 Å². The summed E-state index contributed by atoms with van der Waals surface area (Å²) in [6.45, 7) is 1.99. The summed E-state index contributed by atoms with van der Waals surface area (Å²) in [5.74, 6) is -0.498. The summed E-state index contributed by atoms with van der Waals surface area (Å²) in [5.41, 5.74) is 1.62. The van der Waals surface area contributed by atoms with E-state index in [0.717, 1.165) is 5.56 Å². The smallest absolute Gasteiger partial charge is 0.269 e. The zero-order valence-electron chi connectivity index (χ0n) is 14.6. The quantitative estimate of drug-likeness (QED) is 0.555. The van der Waals surface area contributed by atoms with Crippen LogP contribution < -0.4 is 10.9 Å². The Morgan fingerprint density at radius 3 is 2.63 bits per heavy atom. The number of nitrogens with one attached hydrogen (secondary N) is 1. The minimum atomic E-state index is -0.498. The number of rotatable bonds is 5. The molecule has 0 aliphatic carbocycles. The van der Waals surface area contributed by atoms with Gasteiger partial charge in [-0.1, -0.05) is 30.3 Å². The number of carbonyl (C=O) groups excluding carboxylic acids is 1. The van der Waals surface area contributed by atoms with Gasteiger partial charge in [0.25, 0.3) is 17.2 Å². The minimum Gasteiger partial charge on any atom is -0.322 e. The highest BCUT2D eigenvalue weighted by Gasteiger charge is 2.14. The van der Waals surface area contributed by atoms with Gasteiger partial charge in [0.1, 0.15) is 5.56 Å². The molecule has 1 amide bonds. The molecule has 3 rings (SSSR count). The number of carbonyl (C=O) groups is 1. The predicted molar refractivity (Wildman–Crippen MR) is 102 cm³/mol. The van der Waals surface area contributed by atoms with Crippen molar-refractivity contribution < 1.29 is 9.72 Å². The van der Waals surface area contributed by atoms with E-state index in [0.29, 0.717) is 11.3 Å². The summed E-state index contributed by atoms with van der Waals surface area (Å²) in [6, 6.07) is 16.4. The van der Waals surface area contributed by atoms with Crippen molar-refractivity contribution in [2.45, 2.75) is 13.5 Å². The lowest BCUT2D eigenvalue weighted by Crippen LogP contribution is -2.29. The van der Waals surface area contributed by atoms with Crippen molar-refractivity contribution >= 4 is 17.3 Å². The fourth-order valence-corrected chi connectivity index (χ4v) is 2.70. The van der Waals surface area contributed by atoms with E-state index in [-0.39, 0.29) is 17.8 Å². The molecular formula is C20H17N3O4. The SMILES string of the molecule is Cc1ccccc1NC(=O)c1cccn(Cc2cccc([N+](=O)[O-])c2)c1=O. The van der Waals surface area contributed by atoms with E-state index in [1.165, 1.54) is 22.8 Å². The number of aryl methyl sites for hydroxylation is 1. The number of para-hydroxylation sites is 1. The second-order valence-corrected chi connectivity index (χ2v) is 6.05. The molecule has 0 aliphatic heterocycles. The molecule has 7 nitrogen and oxygen atoms in total. The van der Waals surface area contributed by atoms with Crippen LogP contribution in [0.15, 0.2) is 71.7 Å². The highest BCUT2D eigenvalue weighted by Crippen LogP contribution is 2.15. The van der Waals surface area contributed by atoms with E-state index < -0.39 is 16.4 Å². The van der Waals surface area contributed by atoms with Crippen molar-refractivity contribution in [3.8, 4) is 0 Å². The van der Waals surface area contributed by atoms with E-state index in [9.17, 15) is 19.7 Å². The number of non-ortho nitro benzene ring substituents is 1. The van der Waals surface area contributed by atoms with Crippen LogP contribution in [0.3, 0.4) is 0 Å². The largest absolute Gasteiger partial charge is 0.322 e. The molecule has 7 heteroatoms. The standard InChI is InChI=1S/C20H17N3O4/c1-14-6-2-3-10-18(14)21-19(24)17-9-5-11-22(20(17)25)13-15-7-4-8-16(12-15)23(26)27/h2-12H,13H2,1H3,(H,21,24). The molecule has 0 bridgehead atoms. The van der Waals surface area contributed by atoms with Crippen LogP contribution in [0.2, 0.25) is 0 Å². The highest BCUT2D eigenvalue weighted by atomic mass is 16.6. The molecule has 1 N–H and O–H groups in total. The van der Waals surface area contributed by atoms with Crippen LogP contribution >= 0.6 is 0 Å². The molecule has 0 unspecified atom stereocenters. The Morgan fingerprint density at radius 1 is 1.11 bits per heavy atom. The van der Waals surface area contributed by atoms with Crippen molar-refractivity contribution in [3.63, 3.8) is 0 Å². The maximum atomic E-state index is 12.7. The predicted octanol–water partition coefficient (Wildman–Crippen LogP) is 3.37. The number of nitro groups is 1. The third kappa shape index (κ3) is 4.09. The van der Waals surface area contributed by atoms with E-state index >= 15 is 0 Å². The van der Waals surface area contributed by atoms with Crippen molar-refractivity contribution in [1.82, 2.24) is 4.57 Å². The van der Waals surface area contributed by atoms with Crippen LogP contribution in [0.25, 0.3) is 0 Å². The number of hydrogen-bond donors (Lipinski definition) is 1. The van der Waals surface area contributed by atoms with Crippen molar-refractivity contribution in [1.29, 1.82) is 0 Å². The number of amides is 1. The lowest BCUT2D eigenvalue weighted by Gasteiger charge is -2.10. The molecule has 0 radical (unpaired) electrons. The van der Waals surface area contributed by atoms with Crippen LogP contribution in [-0.4, -0.2) is 15.4 Å². The van der Waals surface area contributed by atoms with E-state index in [4.69, 9.17) is 0 Å². The third-order valence-electron chi connectivity index (χ3n) is 4.13. The summed E-state index contributed by atoms with van der Waals surface area (Å²) >= 11 is 0. The summed E-state index contributed by atoms with van der Waals surface area (Å²) < 4.78 is 1.35. The molecule has 0 saturated heterocycles. The number of nitro benzene ring substituents is 1. The molecule has 0 spiro atoms. The van der Waals surface area contributed by atoms with E-state index in [1.807, 2.05) is 19.1 Å². The monoisotopic (exact) mass is 363 g/mol. The molecule has 136 valence electrons. The number of pyridine rings is 1. The number of nitrogens with zero attached hydrogens (tertiary/aromatic N) is 2. The van der Waals surface area contributed by atoms with Crippen LogP contribution in [0, 0.1) is 17.0 Å². The summed E-state index contributed by atoms with van der Waals surface area (Å²) in [7, 11) is 0. The van der Waals surface area contributed by atoms with Gasteiger partial charge in [0.15, 0.2) is 0 Å². The fourth-order valence-electron chi connectivity index (χ4n) is 2.70. The first-order chi connectivity index (χ1) is 13.0. The first-order valence-electron chi connectivity index (χ1n) is 8.25. The molecule has 1 heterocycles. The Bertz CT molecular complexity index is 1070. The van der Waals surface area contributed by atoms with Crippen molar-refractivity contribution in [2.75, 3.05) is 5.32 Å². The third-order valence-corrected chi connectivity index (χ3v) is 4.13. The van der Waals surface area contributed by atoms with Crippen molar-refractivity contribution in [2.24, 2.45) is 0 Å². The topological polar surface area (TPSA) is 94.2 Å². The summed E-state index contributed by atoms with van der Waals surface area (Å²) in [5, 5.41) is 13.6. The molecule has 0 atom stereocenters. The Balaban J connectivity index is 1.87. The second kappa shape index (κ2) is 7.65. The second-order valence-electron chi connectivity index (χ2n) is 6.05. The van der Waals surface area contributed by atoms with Gasteiger partial charge in [-0.05, 0) is 36.2 Å². The number of aromatic nitrogens is 1. The Labute approximate surface area is 155 Å². The fraction of sp³-hybridized carbons (Fsp3) is 0.100. The van der Waals surface area contributed by atoms with Gasteiger partial charge in [0.2, 0.25) is 0 Å². The molecule has 0 aliphatic rings. The Morgan fingerprint density at radius 2 is 1.89 bits per heavy atom. The van der Waals surface area contributed by atoms with Gasteiger partial charge >= 0.3 is 0 Å². The first kappa shape index (κ1) is 18.1. The average molecular weight is 363 g/mol. The highest BCUT2D eigenvalue weighted by molar-refractivity contribution is 6.04. The Kier molecular flexibility index (Phi) is 5.12. The summed E-state index contributed by atoms with van der Waals surface area (Å²) in [4.78, 5) is 35.6. The molecule has 27 heavy (non-hydrogen) atoms. The lowest BCUT2D eigenvalue weighted by atomic mass is 10.1. The molecule has 0 fully saturated rings. The number of benzene rings is 2. The zero-order chi connectivity index (χ0) is 19.4. The first-order valence-corrected chi connectivity index (χ1v) is 8.25. The van der Waals surface area contributed by atoms with Crippen LogP contribution in [0.4, 0.5) is 11.4 Å². The molecular weight excluding hydrogens is 346 g/mol.